The summed E-state index contributed by atoms with van der Waals surface area (Å²) in [5.74, 6) is 1.10. The first-order valence-corrected chi connectivity index (χ1v) is 7.16. The van der Waals surface area contributed by atoms with E-state index in [-0.39, 0.29) is 0 Å². The number of fused-ring (bicyclic) bond motifs is 1. The molecule has 0 aromatic heterocycles. The summed E-state index contributed by atoms with van der Waals surface area (Å²) < 4.78 is 5.92. The second-order valence-electron chi connectivity index (χ2n) is 5.01. The molecule has 0 unspecified atom stereocenters. The van der Waals surface area contributed by atoms with Crippen molar-refractivity contribution >= 4 is 0 Å². The van der Waals surface area contributed by atoms with Crippen LogP contribution in [0, 0.1) is 13.8 Å². The van der Waals surface area contributed by atoms with Crippen LogP contribution in [0.3, 0.4) is 0 Å². The molecular weight excluding hydrogens is 246 g/mol. The summed E-state index contributed by atoms with van der Waals surface area (Å²) in [6.07, 6.45) is 2.26. The molecule has 0 saturated carbocycles. The van der Waals surface area contributed by atoms with Crippen LogP contribution < -0.4 is 10.5 Å². The van der Waals surface area contributed by atoms with E-state index in [0.717, 1.165) is 25.2 Å². The fraction of sp³-hybridized carbons (Fsp3) is 0.333. The highest BCUT2D eigenvalue weighted by atomic mass is 16.5. The highest BCUT2D eigenvalue weighted by Crippen LogP contribution is 2.38. The minimum atomic E-state index is 0.842. The van der Waals surface area contributed by atoms with Crippen LogP contribution in [0.2, 0.25) is 0 Å². The number of rotatable bonds is 1. The number of para-hydroxylation sites is 1. The Morgan fingerprint density at radius 2 is 1.60 bits per heavy atom. The number of aryl methyl sites for hydroxylation is 3. The molecule has 1 aliphatic heterocycles. The van der Waals surface area contributed by atoms with Crippen LogP contribution in [-0.4, -0.2) is 13.7 Å². The summed E-state index contributed by atoms with van der Waals surface area (Å²) in [4.78, 5) is 0. The SMILES string of the molecule is CN.Cc1cccc(C)c1-c1cccc2c1OCCC2. The monoisotopic (exact) mass is 269 g/mol. The molecule has 0 saturated heterocycles. The largest absolute Gasteiger partial charge is 0.493 e. The summed E-state index contributed by atoms with van der Waals surface area (Å²) in [6.45, 7) is 5.18. The van der Waals surface area contributed by atoms with Crippen LogP contribution in [0.5, 0.6) is 5.75 Å². The highest BCUT2D eigenvalue weighted by Gasteiger charge is 2.17. The van der Waals surface area contributed by atoms with E-state index >= 15 is 0 Å². The smallest absolute Gasteiger partial charge is 0.130 e. The van der Waals surface area contributed by atoms with Gasteiger partial charge in [0.05, 0.1) is 6.61 Å². The van der Waals surface area contributed by atoms with E-state index in [1.54, 1.807) is 0 Å². The van der Waals surface area contributed by atoms with Crippen molar-refractivity contribution in [1.29, 1.82) is 0 Å². The van der Waals surface area contributed by atoms with Gasteiger partial charge in [-0.3, -0.25) is 0 Å². The molecule has 0 aliphatic carbocycles. The average molecular weight is 269 g/mol. The molecule has 0 bridgehead atoms. The highest BCUT2D eigenvalue weighted by molar-refractivity contribution is 5.77. The van der Waals surface area contributed by atoms with Gasteiger partial charge in [-0.25, -0.2) is 0 Å². The second-order valence-corrected chi connectivity index (χ2v) is 5.01. The molecule has 1 aliphatic rings. The van der Waals surface area contributed by atoms with Gasteiger partial charge in [0.15, 0.2) is 0 Å². The molecule has 2 aromatic rings. The van der Waals surface area contributed by atoms with E-state index in [9.17, 15) is 0 Å². The molecule has 0 spiro atoms. The number of ether oxygens (including phenoxy) is 1. The summed E-state index contributed by atoms with van der Waals surface area (Å²) >= 11 is 0. The third-order valence-corrected chi connectivity index (χ3v) is 3.68. The molecule has 0 fully saturated rings. The minimum Gasteiger partial charge on any atom is -0.493 e. The zero-order chi connectivity index (χ0) is 14.5. The Bertz CT molecular complexity index is 570. The van der Waals surface area contributed by atoms with Crippen molar-refractivity contribution in [3.8, 4) is 16.9 Å². The van der Waals surface area contributed by atoms with E-state index in [2.05, 4.69) is 56.0 Å². The normalized spacial score (nSPS) is 12.8. The first-order chi connectivity index (χ1) is 9.77. The Morgan fingerprint density at radius 1 is 0.950 bits per heavy atom. The van der Waals surface area contributed by atoms with Crippen molar-refractivity contribution in [3.05, 3.63) is 53.1 Å². The quantitative estimate of drug-likeness (QED) is 0.853. The third-order valence-electron chi connectivity index (χ3n) is 3.68. The van der Waals surface area contributed by atoms with E-state index in [1.165, 1.54) is 34.9 Å². The van der Waals surface area contributed by atoms with Gasteiger partial charge in [-0.1, -0.05) is 36.4 Å². The Morgan fingerprint density at radius 3 is 2.30 bits per heavy atom. The van der Waals surface area contributed by atoms with Gasteiger partial charge in [0.1, 0.15) is 5.75 Å². The van der Waals surface area contributed by atoms with Gasteiger partial charge in [-0.05, 0) is 56.0 Å². The van der Waals surface area contributed by atoms with Crippen molar-refractivity contribution in [3.63, 3.8) is 0 Å². The van der Waals surface area contributed by atoms with Crippen LogP contribution in [0.25, 0.3) is 11.1 Å². The Hall–Kier alpha value is -1.80. The Balaban J connectivity index is 0.000000704. The van der Waals surface area contributed by atoms with E-state index in [0.29, 0.717) is 0 Å². The number of hydrogen-bond donors (Lipinski definition) is 1. The van der Waals surface area contributed by atoms with Gasteiger partial charge in [-0.15, -0.1) is 0 Å². The standard InChI is InChI=1S/C17H18O.CH5N/c1-12-6-3-7-13(2)16(12)15-10-4-8-14-9-5-11-18-17(14)15;1-2/h3-4,6-8,10H,5,9,11H2,1-2H3;2H2,1H3. The van der Waals surface area contributed by atoms with Crippen molar-refractivity contribution in [1.82, 2.24) is 0 Å². The van der Waals surface area contributed by atoms with Gasteiger partial charge < -0.3 is 10.5 Å². The number of benzene rings is 2. The van der Waals surface area contributed by atoms with Crippen LogP contribution in [0.4, 0.5) is 0 Å². The molecule has 2 aromatic carbocycles. The fourth-order valence-electron chi connectivity index (χ4n) is 2.83. The first-order valence-electron chi connectivity index (χ1n) is 7.16. The van der Waals surface area contributed by atoms with Crippen LogP contribution >= 0.6 is 0 Å². The molecule has 2 nitrogen and oxygen atoms in total. The lowest BCUT2D eigenvalue weighted by molar-refractivity contribution is 0.289. The molecule has 1 heterocycles. The number of nitrogens with two attached hydrogens (primary N) is 1. The topological polar surface area (TPSA) is 35.2 Å². The van der Waals surface area contributed by atoms with E-state index in [1.807, 2.05) is 0 Å². The molecule has 0 atom stereocenters. The zero-order valence-corrected chi connectivity index (χ0v) is 12.6. The molecule has 2 N–H and O–H groups in total. The van der Waals surface area contributed by atoms with Crippen LogP contribution in [0.15, 0.2) is 36.4 Å². The Kier molecular flexibility index (Phi) is 4.80. The fourth-order valence-corrected chi connectivity index (χ4v) is 2.83. The lowest BCUT2D eigenvalue weighted by Gasteiger charge is -2.22. The summed E-state index contributed by atoms with van der Waals surface area (Å²) in [5, 5.41) is 0. The zero-order valence-electron chi connectivity index (χ0n) is 12.6. The van der Waals surface area contributed by atoms with Gasteiger partial charge in [0, 0.05) is 5.56 Å². The number of hydrogen-bond acceptors (Lipinski definition) is 2. The van der Waals surface area contributed by atoms with E-state index < -0.39 is 0 Å². The van der Waals surface area contributed by atoms with Gasteiger partial charge in [-0.2, -0.15) is 0 Å². The van der Waals surface area contributed by atoms with Crippen molar-refractivity contribution < 1.29 is 4.74 Å². The van der Waals surface area contributed by atoms with E-state index in [4.69, 9.17) is 4.74 Å². The molecule has 20 heavy (non-hydrogen) atoms. The maximum atomic E-state index is 5.92. The average Bonchev–Trinajstić information content (AvgIpc) is 2.49. The summed E-state index contributed by atoms with van der Waals surface area (Å²) in [6, 6.07) is 13.0. The van der Waals surface area contributed by atoms with Crippen LogP contribution in [-0.2, 0) is 6.42 Å². The predicted molar refractivity (Wildman–Crippen MR) is 85.3 cm³/mol. The molecular formula is C18H23NO. The molecule has 0 radical (unpaired) electrons. The lowest BCUT2D eigenvalue weighted by atomic mass is 9.92. The van der Waals surface area contributed by atoms with Gasteiger partial charge in [0.25, 0.3) is 0 Å². The molecule has 2 heteroatoms. The molecule has 3 rings (SSSR count). The van der Waals surface area contributed by atoms with Gasteiger partial charge >= 0.3 is 0 Å². The summed E-state index contributed by atoms with van der Waals surface area (Å²) in [7, 11) is 1.50. The molecule has 106 valence electrons. The maximum Gasteiger partial charge on any atom is 0.130 e. The minimum absolute atomic E-state index is 0.842. The third kappa shape index (κ3) is 2.70. The van der Waals surface area contributed by atoms with Crippen molar-refractivity contribution in [2.24, 2.45) is 5.73 Å². The van der Waals surface area contributed by atoms with Crippen molar-refractivity contribution in [2.75, 3.05) is 13.7 Å². The second kappa shape index (κ2) is 6.58. The summed E-state index contributed by atoms with van der Waals surface area (Å²) in [5.41, 5.74) is 11.1. The predicted octanol–water partition coefficient (Wildman–Crippen LogP) is 3.87. The first kappa shape index (κ1) is 14.6. The lowest BCUT2D eigenvalue weighted by Crippen LogP contribution is -2.09. The van der Waals surface area contributed by atoms with Crippen LogP contribution in [0.1, 0.15) is 23.1 Å². The maximum absolute atomic E-state index is 5.92. The molecule has 0 amide bonds. The van der Waals surface area contributed by atoms with Crippen molar-refractivity contribution in [2.45, 2.75) is 26.7 Å². The Labute approximate surface area is 121 Å². The van der Waals surface area contributed by atoms with Gasteiger partial charge in [0.2, 0.25) is 0 Å².